The molecule has 1 N–H and O–H groups in total. The van der Waals surface area contributed by atoms with Gasteiger partial charge in [-0.15, -0.1) is 0 Å². The standard InChI is InChI=1S/C24H22N2O/c1-15-11-12-21(25-14-15)26-23(27)24(2)13-20-16-7-3-5-9-18(16)22(24)19-10-6-4-8-17(19)20/h3-12,14,20,22H,13H2,1-2H3,(H,25,26,27)/t20?,22?,24-/m0/s1. The van der Waals surface area contributed by atoms with E-state index in [0.29, 0.717) is 5.82 Å². The molecule has 0 aliphatic heterocycles. The first-order chi connectivity index (χ1) is 13.1. The average molecular weight is 354 g/mol. The Morgan fingerprint density at radius 1 is 0.963 bits per heavy atom. The summed E-state index contributed by atoms with van der Waals surface area (Å²) in [5.74, 6) is 1.01. The fraction of sp³-hybridized carbons (Fsp3) is 0.250. The number of fused-ring (bicyclic) bond motifs is 1. The fourth-order valence-electron chi connectivity index (χ4n) is 4.99. The van der Waals surface area contributed by atoms with Crippen molar-refractivity contribution in [2.75, 3.05) is 5.32 Å². The molecule has 1 amide bonds. The lowest BCUT2D eigenvalue weighted by atomic mass is 9.52. The molecule has 0 radical (unpaired) electrons. The van der Waals surface area contributed by atoms with Crippen LogP contribution in [0.25, 0.3) is 0 Å². The maximum absolute atomic E-state index is 13.4. The summed E-state index contributed by atoms with van der Waals surface area (Å²) in [6.07, 6.45) is 2.61. The van der Waals surface area contributed by atoms with Gasteiger partial charge in [0.15, 0.2) is 0 Å². The molecule has 3 heteroatoms. The van der Waals surface area contributed by atoms with Crippen LogP contribution < -0.4 is 5.32 Å². The molecule has 6 rings (SSSR count). The lowest BCUT2D eigenvalue weighted by molar-refractivity contribution is -0.126. The van der Waals surface area contributed by atoms with Crippen LogP contribution in [-0.2, 0) is 4.79 Å². The van der Waals surface area contributed by atoms with Crippen molar-refractivity contribution in [3.05, 3.63) is 94.7 Å². The lowest BCUT2D eigenvalue weighted by Gasteiger charge is -2.50. The Bertz CT molecular complexity index is 993. The third-order valence-electron chi connectivity index (χ3n) is 6.30. The van der Waals surface area contributed by atoms with Crippen LogP contribution in [0.15, 0.2) is 66.9 Å². The minimum absolute atomic E-state index is 0.0536. The van der Waals surface area contributed by atoms with Gasteiger partial charge in [-0.2, -0.15) is 0 Å². The summed E-state index contributed by atoms with van der Waals surface area (Å²) in [4.78, 5) is 17.8. The number of nitrogens with zero attached hydrogens (tertiary/aromatic N) is 1. The highest BCUT2D eigenvalue weighted by Gasteiger charge is 2.53. The normalized spacial score (nSPS) is 24.8. The summed E-state index contributed by atoms with van der Waals surface area (Å²) in [7, 11) is 0. The predicted molar refractivity (Wildman–Crippen MR) is 107 cm³/mol. The van der Waals surface area contributed by atoms with Gasteiger partial charge in [0.1, 0.15) is 5.82 Å². The van der Waals surface area contributed by atoms with Crippen molar-refractivity contribution >= 4 is 11.7 Å². The highest BCUT2D eigenvalue weighted by atomic mass is 16.2. The van der Waals surface area contributed by atoms with Gasteiger partial charge in [0.2, 0.25) is 5.91 Å². The highest BCUT2D eigenvalue weighted by molar-refractivity contribution is 5.96. The van der Waals surface area contributed by atoms with Crippen LogP contribution in [-0.4, -0.2) is 10.9 Å². The van der Waals surface area contributed by atoms with Gasteiger partial charge in [0.25, 0.3) is 0 Å². The smallest absolute Gasteiger partial charge is 0.232 e. The van der Waals surface area contributed by atoms with Gasteiger partial charge in [0, 0.05) is 18.0 Å². The zero-order valence-corrected chi connectivity index (χ0v) is 15.6. The van der Waals surface area contributed by atoms with Crippen LogP contribution in [0.3, 0.4) is 0 Å². The van der Waals surface area contributed by atoms with E-state index in [1.807, 2.05) is 19.1 Å². The van der Waals surface area contributed by atoms with Crippen molar-refractivity contribution in [2.24, 2.45) is 5.41 Å². The number of aromatic nitrogens is 1. The second-order valence-electron chi connectivity index (χ2n) is 8.04. The summed E-state index contributed by atoms with van der Waals surface area (Å²) in [6, 6.07) is 21.1. The Morgan fingerprint density at radius 3 is 2.11 bits per heavy atom. The summed E-state index contributed by atoms with van der Waals surface area (Å²) < 4.78 is 0. The molecule has 1 aromatic heterocycles. The monoisotopic (exact) mass is 354 g/mol. The Kier molecular flexibility index (Phi) is 3.48. The molecule has 27 heavy (non-hydrogen) atoms. The summed E-state index contributed by atoms with van der Waals surface area (Å²) in [5.41, 5.74) is 5.92. The van der Waals surface area contributed by atoms with Crippen LogP contribution in [0.5, 0.6) is 0 Å². The molecule has 2 bridgehead atoms. The van der Waals surface area contributed by atoms with E-state index in [2.05, 4.69) is 65.8 Å². The highest BCUT2D eigenvalue weighted by Crippen LogP contribution is 2.61. The van der Waals surface area contributed by atoms with Gasteiger partial charge in [-0.3, -0.25) is 4.79 Å². The predicted octanol–water partition coefficient (Wildman–Crippen LogP) is 5.02. The molecular formula is C24H22N2O. The van der Waals surface area contributed by atoms with Crippen LogP contribution in [0, 0.1) is 12.3 Å². The van der Waals surface area contributed by atoms with Gasteiger partial charge < -0.3 is 5.32 Å². The number of carbonyl (C=O) groups excluding carboxylic acids is 1. The first-order valence-electron chi connectivity index (χ1n) is 9.50. The Labute approximate surface area is 159 Å². The first kappa shape index (κ1) is 16.2. The van der Waals surface area contributed by atoms with E-state index in [1.54, 1.807) is 6.20 Å². The van der Waals surface area contributed by atoms with Gasteiger partial charge in [-0.1, -0.05) is 54.6 Å². The van der Waals surface area contributed by atoms with E-state index in [1.165, 1.54) is 22.3 Å². The molecule has 2 aromatic carbocycles. The van der Waals surface area contributed by atoms with Crippen molar-refractivity contribution in [2.45, 2.75) is 32.1 Å². The first-order valence-corrected chi connectivity index (χ1v) is 9.50. The molecule has 0 fully saturated rings. The largest absolute Gasteiger partial charge is 0.310 e. The van der Waals surface area contributed by atoms with E-state index >= 15 is 0 Å². The minimum atomic E-state index is -0.500. The van der Waals surface area contributed by atoms with Crippen molar-refractivity contribution < 1.29 is 4.79 Å². The van der Waals surface area contributed by atoms with E-state index in [0.717, 1.165) is 12.0 Å². The molecule has 3 aliphatic carbocycles. The van der Waals surface area contributed by atoms with E-state index in [9.17, 15) is 4.79 Å². The Hall–Kier alpha value is -2.94. The second kappa shape index (κ2) is 5.78. The van der Waals surface area contributed by atoms with Crippen molar-refractivity contribution in [3.63, 3.8) is 0 Å². The van der Waals surface area contributed by atoms with Gasteiger partial charge in [-0.05, 0) is 54.2 Å². The van der Waals surface area contributed by atoms with Crippen LogP contribution in [0.1, 0.15) is 53.0 Å². The number of anilines is 1. The van der Waals surface area contributed by atoms with E-state index < -0.39 is 5.41 Å². The number of rotatable bonds is 2. The Balaban J connectivity index is 1.59. The molecule has 0 spiro atoms. The number of carbonyl (C=O) groups is 1. The molecule has 3 aromatic rings. The van der Waals surface area contributed by atoms with Gasteiger partial charge >= 0.3 is 0 Å². The SMILES string of the molecule is Cc1ccc(NC(=O)[C@@]2(C)CC3c4ccccc4C2c2ccccc23)nc1. The van der Waals surface area contributed by atoms with Crippen molar-refractivity contribution in [1.29, 1.82) is 0 Å². The number of amides is 1. The number of hydrogen-bond acceptors (Lipinski definition) is 2. The molecule has 0 unspecified atom stereocenters. The zero-order chi connectivity index (χ0) is 18.6. The molecule has 3 nitrogen and oxygen atoms in total. The molecular weight excluding hydrogens is 332 g/mol. The van der Waals surface area contributed by atoms with Crippen LogP contribution in [0.2, 0.25) is 0 Å². The second-order valence-corrected chi connectivity index (χ2v) is 8.04. The number of aryl methyl sites for hydroxylation is 1. The zero-order valence-electron chi connectivity index (χ0n) is 15.6. The maximum atomic E-state index is 13.4. The molecule has 0 saturated carbocycles. The molecule has 3 aliphatic rings. The van der Waals surface area contributed by atoms with Crippen molar-refractivity contribution in [3.8, 4) is 0 Å². The minimum Gasteiger partial charge on any atom is -0.310 e. The summed E-state index contributed by atoms with van der Waals surface area (Å²) in [5, 5.41) is 3.08. The maximum Gasteiger partial charge on any atom is 0.232 e. The molecule has 0 saturated heterocycles. The number of pyridine rings is 1. The third-order valence-corrected chi connectivity index (χ3v) is 6.30. The number of hydrogen-bond donors (Lipinski definition) is 1. The van der Waals surface area contributed by atoms with Gasteiger partial charge in [0.05, 0.1) is 5.41 Å². The third kappa shape index (κ3) is 2.34. The molecule has 1 heterocycles. The van der Waals surface area contributed by atoms with Crippen molar-refractivity contribution in [1.82, 2.24) is 4.98 Å². The summed E-state index contributed by atoms with van der Waals surface area (Å²) in [6.45, 7) is 4.11. The average Bonchev–Trinajstić information content (AvgIpc) is 2.70. The van der Waals surface area contributed by atoms with Gasteiger partial charge in [-0.25, -0.2) is 4.98 Å². The fourth-order valence-corrected chi connectivity index (χ4v) is 4.99. The van der Waals surface area contributed by atoms with E-state index in [4.69, 9.17) is 0 Å². The topological polar surface area (TPSA) is 42.0 Å². The lowest BCUT2D eigenvalue weighted by Crippen LogP contribution is -2.47. The number of benzene rings is 2. The molecule has 134 valence electrons. The van der Waals surface area contributed by atoms with Crippen LogP contribution >= 0.6 is 0 Å². The van der Waals surface area contributed by atoms with E-state index in [-0.39, 0.29) is 17.7 Å². The van der Waals surface area contributed by atoms with Crippen LogP contribution in [0.4, 0.5) is 5.82 Å². The summed E-state index contributed by atoms with van der Waals surface area (Å²) >= 11 is 0. The molecule has 1 atom stereocenters. The number of nitrogens with one attached hydrogen (secondary N) is 1. The quantitative estimate of drug-likeness (QED) is 0.702. The Morgan fingerprint density at radius 2 is 1.56 bits per heavy atom.